The fourth-order valence-corrected chi connectivity index (χ4v) is 3.79. The lowest BCUT2D eigenvalue weighted by Crippen LogP contribution is -2.52. The standard InChI is InChI=1S/C17H32N2O2/c1-3-4-9-19-12-15(17(20)21-2)10-16(13-19)18-11-14-7-5-6-8-14/h14-16,18H,3-13H2,1-2H3. The molecule has 2 aliphatic rings. The Balaban J connectivity index is 1.83. The fourth-order valence-electron chi connectivity index (χ4n) is 3.79. The van der Waals surface area contributed by atoms with Crippen molar-refractivity contribution in [1.82, 2.24) is 10.2 Å². The molecule has 0 amide bonds. The van der Waals surface area contributed by atoms with Gasteiger partial charge >= 0.3 is 5.97 Å². The van der Waals surface area contributed by atoms with E-state index in [4.69, 9.17) is 4.74 Å². The highest BCUT2D eigenvalue weighted by Gasteiger charge is 2.32. The van der Waals surface area contributed by atoms with Crippen LogP contribution in [0.2, 0.25) is 0 Å². The summed E-state index contributed by atoms with van der Waals surface area (Å²) >= 11 is 0. The molecule has 4 heteroatoms. The molecule has 2 unspecified atom stereocenters. The highest BCUT2D eigenvalue weighted by Crippen LogP contribution is 2.25. The third-order valence-electron chi connectivity index (χ3n) is 5.06. The average Bonchev–Trinajstić information content (AvgIpc) is 3.03. The second-order valence-electron chi connectivity index (χ2n) is 6.82. The van der Waals surface area contributed by atoms with Crippen molar-refractivity contribution in [3.8, 4) is 0 Å². The number of piperidine rings is 1. The number of hydrogen-bond acceptors (Lipinski definition) is 4. The van der Waals surface area contributed by atoms with Gasteiger partial charge in [-0.15, -0.1) is 0 Å². The molecule has 1 saturated carbocycles. The lowest BCUT2D eigenvalue weighted by atomic mass is 9.93. The smallest absolute Gasteiger partial charge is 0.310 e. The van der Waals surface area contributed by atoms with E-state index in [0.29, 0.717) is 6.04 Å². The number of esters is 1. The molecule has 0 bridgehead atoms. The van der Waals surface area contributed by atoms with Crippen molar-refractivity contribution in [2.24, 2.45) is 11.8 Å². The van der Waals surface area contributed by atoms with Gasteiger partial charge in [-0.2, -0.15) is 0 Å². The Hall–Kier alpha value is -0.610. The van der Waals surface area contributed by atoms with Crippen molar-refractivity contribution in [3.63, 3.8) is 0 Å². The first kappa shape index (κ1) is 16.8. The van der Waals surface area contributed by atoms with Gasteiger partial charge in [0.1, 0.15) is 0 Å². The predicted molar refractivity (Wildman–Crippen MR) is 85.2 cm³/mol. The number of nitrogens with zero attached hydrogens (tertiary/aromatic N) is 1. The SMILES string of the molecule is CCCCN1CC(NCC2CCCC2)CC(C(=O)OC)C1. The maximum absolute atomic E-state index is 11.9. The van der Waals surface area contributed by atoms with E-state index in [0.717, 1.165) is 38.5 Å². The zero-order valence-electron chi connectivity index (χ0n) is 13.8. The van der Waals surface area contributed by atoms with Gasteiger partial charge < -0.3 is 15.0 Å². The monoisotopic (exact) mass is 296 g/mol. The normalized spacial score (nSPS) is 27.9. The molecule has 2 atom stereocenters. The summed E-state index contributed by atoms with van der Waals surface area (Å²) in [4.78, 5) is 14.4. The van der Waals surface area contributed by atoms with E-state index in [-0.39, 0.29) is 11.9 Å². The van der Waals surface area contributed by atoms with E-state index in [1.165, 1.54) is 45.6 Å². The third-order valence-corrected chi connectivity index (χ3v) is 5.06. The second-order valence-corrected chi connectivity index (χ2v) is 6.82. The highest BCUT2D eigenvalue weighted by molar-refractivity contribution is 5.72. The number of unbranched alkanes of at least 4 members (excludes halogenated alkanes) is 1. The topological polar surface area (TPSA) is 41.6 Å². The van der Waals surface area contributed by atoms with Crippen LogP contribution in [-0.2, 0) is 9.53 Å². The highest BCUT2D eigenvalue weighted by atomic mass is 16.5. The van der Waals surface area contributed by atoms with Crippen LogP contribution in [0.4, 0.5) is 0 Å². The first-order chi connectivity index (χ1) is 10.2. The molecule has 0 aromatic carbocycles. The molecule has 1 aliphatic carbocycles. The number of rotatable bonds is 7. The van der Waals surface area contributed by atoms with Crippen molar-refractivity contribution in [1.29, 1.82) is 0 Å². The summed E-state index contributed by atoms with van der Waals surface area (Å²) in [5, 5.41) is 3.73. The minimum atomic E-state index is -0.0381. The van der Waals surface area contributed by atoms with E-state index >= 15 is 0 Å². The molecular formula is C17H32N2O2. The van der Waals surface area contributed by atoms with Crippen LogP contribution in [-0.4, -0.2) is 50.2 Å². The van der Waals surface area contributed by atoms with Crippen LogP contribution >= 0.6 is 0 Å². The number of hydrogen-bond donors (Lipinski definition) is 1. The summed E-state index contributed by atoms with van der Waals surface area (Å²) in [5.41, 5.74) is 0. The van der Waals surface area contributed by atoms with Crippen molar-refractivity contribution in [2.75, 3.05) is 33.3 Å². The number of nitrogens with one attached hydrogen (secondary N) is 1. The Kier molecular flexibility index (Phi) is 6.97. The van der Waals surface area contributed by atoms with Crippen LogP contribution in [0.15, 0.2) is 0 Å². The number of methoxy groups -OCH3 is 1. The molecule has 1 aliphatic heterocycles. The molecule has 4 nitrogen and oxygen atoms in total. The van der Waals surface area contributed by atoms with Gasteiger partial charge in [-0.05, 0) is 44.7 Å². The Morgan fingerprint density at radius 1 is 1.29 bits per heavy atom. The molecule has 0 aromatic heterocycles. The van der Waals surface area contributed by atoms with Gasteiger partial charge in [-0.3, -0.25) is 4.79 Å². The minimum absolute atomic E-state index is 0.0381. The van der Waals surface area contributed by atoms with Crippen molar-refractivity contribution in [3.05, 3.63) is 0 Å². The van der Waals surface area contributed by atoms with Crippen molar-refractivity contribution in [2.45, 2.75) is 57.9 Å². The van der Waals surface area contributed by atoms with Gasteiger partial charge in [-0.1, -0.05) is 26.2 Å². The predicted octanol–water partition coefficient (Wildman–Crippen LogP) is 2.43. The summed E-state index contributed by atoms with van der Waals surface area (Å²) < 4.78 is 4.98. The summed E-state index contributed by atoms with van der Waals surface area (Å²) in [5.74, 6) is 0.859. The molecular weight excluding hydrogens is 264 g/mol. The van der Waals surface area contributed by atoms with Crippen LogP contribution in [0.1, 0.15) is 51.9 Å². The molecule has 122 valence electrons. The molecule has 2 rings (SSSR count). The summed E-state index contributed by atoms with van der Waals surface area (Å²) in [7, 11) is 1.51. The maximum atomic E-state index is 11.9. The lowest BCUT2D eigenvalue weighted by molar-refractivity contribution is -0.147. The Bertz CT molecular complexity index is 316. The van der Waals surface area contributed by atoms with Gasteiger partial charge in [0.05, 0.1) is 13.0 Å². The number of carbonyl (C=O) groups excluding carboxylic acids is 1. The van der Waals surface area contributed by atoms with Crippen LogP contribution in [0, 0.1) is 11.8 Å². The maximum Gasteiger partial charge on any atom is 0.310 e. The number of carbonyl (C=O) groups is 1. The molecule has 1 saturated heterocycles. The molecule has 0 radical (unpaired) electrons. The van der Waals surface area contributed by atoms with E-state index < -0.39 is 0 Å². The van der Waals surface area contributed by atoms with Crippen molar-refractivity contribution >= 4 is 5.97 Å². The van der Waals surface area contributed by atoms with E-state index in [1.807, 2.05) is 0 Å². The minimum Gasteiger partial charge on any atom is -0.469 e. The zero-order valence-corrected chi connectivity index (χ0v) is 13.8. The van der Waals surface area contributed by atoms with E-state index in [2.05, 4.69) is 17.1 Å². The molecule has 21 heavy (non-hydrogen) atoms. The first-order valence-electron chi connectivity index (χ1n) is 8.76. The summed E-state index contributed by atoms with van der Waals surface area (Å²) in [6.45, 7) is 6.40. The lowest BCUT2D eigenvalue weighted by Gasteiger charge is -2.37. The van der Waals surface area contributed by atoms with E-state index in [1.54, 1.807) is 0 Å². The van der Waals surface area contributed by atoms with Crippen molar-refractivity contribution < 1.29 is 9.53 Å². The molecule has 1 N–H and O–H groups in total. The molecule has 2 fully saturated rings. The fraction of sp³-hybridized carbons (Fsp3) is 0.941. The number of likely N-dealkylation sites (tertiary alicyclic amines) is 1. The van der Waals surface area contributed by atoms with Gasteiger partial charge in [0.2, 0.25) is 0 Å². The van der Waals surface area contributed by atoms with Gasteiger partial charge in [0.25, 0.3) is 0 Å². The molecule has 1 heterocycles. The largest absolute Gasteiger partial charge is 0.469 e. The van der Waals surface area contributed by atoms with Crippen LogP contribution in [0.25, 0.3) is 0 Å². The van der Waals surface area contributed by atoms with Crippen LogP contribution < -0.4 is 5.32 Å². The second kappa shape index (κ2) is 8.74. The van der Waals surface area contributed by atoms with Gasteiger partial charge in [-0.25, -0.2) is 0 Å². The quantitative estimate of drug-likeness (QED) is 0.733. The average molecular weight is 296 g/mol. The summed E-state index contributed by atoms with van der Waals surface area (Å²) in [6, 6.07) is 0.445. The van der Waals surface area contributed by atoms with Gasteiger partial charge in [0, 0.05) is 19.1 Å². The summed E-state index contributed by atoms with van der Waals surface area (Å²) in [6.07, 6.45) is 8.89. The van der Waals surface area contributed by atoms with Crippen LogP contribution in [0.5, 0.6) is 0 Å². The molecule has 0 spiro atoms. The Morgan fingerprint density at radius 3 is 2.71 bits per heavy atom. The van der Waals surface area contributed by atoms with Crippen LogP contribution in [0.3, 0.4) is 0 Å². The van der Waals surface area contributed by atoms with Gasteiger partial charge in [0.15, 0.2) is 0 Å². The number of ether oxygens (including phenoxy) is 1. The molecule has 0 aromatic rings. The Labute approximate surface area is 129 Å². The third kappa shape index (κ3) is 5.26. The zero-order chi connectivity index (χ0) is 15.1. The Morgan fingerprint density at radius 2 is 2.05 bits per heavy atom. The first-order valence-corrected chi connectivity index (χ1v) is 8.76. The van der Waals surface area contributed by atoms with E-state index in [9.17, 15) is 4.79 Å².